The molecule has 3 N–H and O–H groups in total. The van der Waals surface area contributed by atoms with Crippen LogP contribution in [0.2, 0.25) is 0 Å². The Bertz CT molecular complexity index is 566. The fraction of sp³-hybridized carbons (Fsp3) is 0.765. The molecule has 1 aromatic rings. The number of halogens is 1. The molecule has 1 atom stereocenters. The third-order valence-electron chi connectivity index (χ3n) is 3.55. The van der Waals surface area contributed by atoms with Crippen LogP contribution in [0.5, 0.6) is 0 Å². The van der Waals surface area contributed by atoms with Gasteiger partial charge in [-0.25, -0.2) is 4.99 Å². The molecule has 1 unspecified atom stereocenters. The maximum absolute atomic E-state index is 12.0. The normalized spacial score (nSPS) is 12.9. The third kappa shape index (κ3) is 9.93. The SMILES string of the molecule is CCc1nncn1CCNC(=NCC(=O)NC(C)(C)C)NC(C)CC.I. The van der Waals surface area contributed by atoms with Crippen molar-refractivity contribution in [2.24, 2.45) is 4.99 Å². The van der Waals surface area contributed by atoms with E-state index in [1.807, 2.05) is 25.3 Å². The lowest BCUT2D eigenvalue weighted by Gasteiger charge is -2.20. The predicted octanol–water partition coefficient (Wildman–Crippen LogP) is 1.71. The van der Waals surface area contributed by atoms with Gasteiger partial charge in [-0.3, -0.25) is 4.79 Å². The number of nitrogens with one attached hydrogen (secondary N) is 3. The first-order valence-electron chi connectivity index (χ1n) is 8.97. The lowest BCUT2D eigenvalue weighted by molar-refractivity contribution is -0.121. The van der Waals surface area contributed by atoms with Gasteiger partial charge in [-0.15, -0.1) is 34.2 Å². The smallest absolute Gasteiger partial charge is 0.242 e. The fourth-order valence-electron chi connectivity index (χ4n) is 2.13. The van der Waals surface area contributed by atoms with E-state index in [1.165, 1.54) is 0 Å². The molecule has 1 rings (SSSR count). The number of guanidine groups is 1. The summed E-state index contributed by atoms with van der Waals surface area (Å²) in [5.41, 5.74) is -0.255. The highest BCUT2D eigenvalue weighted by molar-refractivity contribution is 14.0. The van der Waals surface area contributed by atoms with Gasteiger partial charge in [0, 0.05) is 31.1 Å². The van der Waals surface area contributed by atoms with Crippen LogP contribution in [0.4, 0.5) is 0 Å². The van der Waals surface area contributed by atoms with Gasteiger partial charge in [-0.05, 0) is 34.1 Å². The highest BCUT2D eigenvalue weighted by Crippen LogP contribution is 1.98. The van der Waals surface area contributed by atoms with Gasteiger partial charge < -0.3 is 20.5 Å². The van der Waals surface area contributed by atoms with Crippen LogP contribution in [-0.2, 0) is 17.8 Å². The molecule has 0 aliphatic heterocycles. The molecule has 8 nitrogen and oxygen atoms in total. The number of aromatic nitrogens is 3. The van der Waals surface area contributed by atoms with Gasteiger partial charge >= 0.3 is 0 Å². The van der Waals surface area contributed by atoms with E-state index >= 15 is 0 Å². The van der Waals surface area contributed by atoms with Crippen LogP contribution in [0.25, 0.3) is 0 Å². The van der Waals surface area contributed by atoms with Gasteiger partial charge in [-0.1, -0.05) is 13.8 Å². The Kier molecular flexibility index (Phi) is 11.4. The molecule has 0 bridgehead atoms. The molecule has 0 saturated heterocycles. The second-order valence-corrected chi connectivity index (χ2v) is 7.14. The number of nitrogens with zero attached hydrogens (tertiary/aromatic N) is 4. The number of amides is 1. The van der Waals surface area contributed by atoms with Gasteiger partial charge in [0.15, 0.2) is 5.96 Å². The van der Waals surface area contributed by atoms with E-state index in [4.69, 9.17) is 0 Å². The fourth-order valence-corrected chi connectivity index (χ4v) is 2.13. The van der Waals surface area contributed by atoms with E-state index in [0.717, 1.165) is 25.2 Å². The van der Waals surface area contributed by atoms with Gasteiger partial charge in [0.1, 0.15) is 18.7 Å². The van der Waals surface area contributed by atoms with Crippen LogP contribution in [0.15, 0.2) is 11.3 Å². The highest BCUT2D eigenvalue weighted by atomic mass is 127. The van der Waals surface area contributed by atoms with Gasteiger partial charge in [0.2, 0.25) is 5.91 Å². The minimum atomic E-state index is -0.255. The van der Waals surface area contributed by atoms with Gasteiger partial charge in [-0.2, -0.15) is 0 Å². The van der Waals surface area contributed by atoms with Crippen LogP contribution in [0.3, 0.4) is 0 Å². The van der Waals surface area contributed by atoms with Crippen molar-refractivity contribution in [3.8, 4) is 0 Å². The highest BCUT2D eigenvalue weighted by Gasteiger charge is 2.13. The number of carbonyl (C=O) groups is 1. The zero-order valence-electron chi connectivity index (χ0n) is 16.8. The third-order valence-corrected chi connectivity index (χ3v) is 3.55. The van der Waals surface area contributed by atoms with Crippen molar-refractivity contribution < 1.29 is 4.79 Å². The van der Waals surface area contributed by atoms with E-state index in [9.17, 15) is 4.79 Å². The molecule has 0 aliphatic rings. The van der Waals surface area contributed by atoms with Gasteiger partial charge in [0.25, 0.3) is 0 Å². The standard InChI is InChI=1S/C17H33N7O.HI/c1-7-13(3)21-16(19-11-15(25)22-17(4,5)6)18-9-10-24-12-20-23-14(24)8-2;/h12-13H,7-11H2,1-6H3,(H,22,25)(H2,18,19,21);1H. The summed E-state index contributed by atoms with van der Waals surface area (Å²) in [6, 6.07) is 0.276. The van der Waals surface area contributed by atoms with E-state index in [2.05, 4.69) is 51.9 Å². The summed E-state index contributed by atoms with van der Waals surface area (Å²) in [5, 5.41) is 17.5. The number of rotatable bonds is 8. The first-order chi connectivity index (χ1) is 11.7. The molecule has 1 amide bonds. The van der Waals surface area contributed by atoms with Crippen LogP contribution >= 0.6 is 24.0 Å². The lowest BCUT2D eigenvalue weighted by atomic mass is 10.1. The Hall–Kier alpha value is -1.39. The predicted molar refractivity (Wildman–Crippen MR) is 116 cm³/mol. The molecule has 9 heteroatoms. The maximum Gasteiger partial charge on any atom is 0.242 e. The monoisotopic (exact) mass is 479 g/mol. The molecular weight excluding hydrogens is 445 g/mol. The summed E-state index contributed by atoms with van der Waals surface area (Å²) in [7, 11) is 0. The Labute approximate surface area is 174 Å². The van der Waals surface area contributed by atoms with Crippen LogP contribution in [-0.4, -0.2) is 51.3 Å². The topological polar surface area (TPSA) is 96.2 Å². The Morgan fingerprint density at radius 1 is 1.35 bits per heavy atom. The molecule has 0 radical (unpaired) electrons. The van der Waals surface area contributed by atoms with Crippen molar-refractivity contribution in [2.75, 3.05) is 13.1 Å². The van der Waals surface area contributed by atoms with Crippen molar-refractivity contribution in [3.63, 3.8) is 0 Å². The number of hydrogen-bond donors (Lipinski definition) is 3. The van der Waals surface area contributed by atoms with Crippen molar-refractivity contribution in [1.82, 2.24) is 30.7 Å². The molecule has 0 spiro atoms. The summed E-state index contributed by atoms with van der Waals surface area (Å²) in [6.07, 6.45) is 3.55. The maximum atomic E-state index is 12.0. The Balaban J connectivity index is 0.00000625. The first kappa shape index (κ1) is 24.6. The van der Waals surface area contributed by atoms with Crippen molar-refractivity contribution in [1.29, 1.82) is 0 Å². The number of aliphatic imine (C=N–C) groups is 1. The summed E-state index contributed by atoms with van der Waals surface area (Å²) in [4.78, 5) is 16.4. The van der Waals surface area contributed by atoms with E-state index in [-0.39, 0.29) is 48.0 Å². The molecule has 1 heterocycles. The van der Waals surface area contributed by atoms with E-state index in [1.54, 1.807) is 6.33 Å². The molecule has 0 fully saturated rings. The minimum absolute atomic E-state index is 0. The summed E-state index contributed by atoms with van der Waals surface area (Å²) in [5.74, 6) is 1.51. The van der Waals surface area contributed by atoms with Crippen molar-refractivity contribution in [3.05, 3.63) is 12.2 Å². The molecule has 150 valence electrons. The van der Waals surface area contributed by atoms with Crippen molar-refractivity contribution >= 4 is 35.8 Å². The lowest BCUT2D eigenvalue weighted by Crippen LogP contribution is -2.45. The van der Waals surface area contributed by atoms with E-state index < -0.39 is 0 Å². The van der Waals surface area contributed by atoms with Crippen LogP contribution in [0.1, 0.15) is 53.8 Å². The average molecular weight is 479 g/mol. The van der Waals surface area contributed by atoms with Gasteiger partial charge in [0.05, 0.1) is 0 Å². The molecule has 1 aromatic heterocycles. The number of aryl methyl sites for hydroxylation is 1. The van der Waals surface area contributed by atoms with Crippen LogP contribution < -0.4 is 16.0 Å². The second kappa shape index (κ2) is 12.1. The quantitative estimate of drug-likeness (QED) is 0.300. The van der Waals surface area contributed by atoms with Crippen LogP contribution in [0, 0.1) is 0 Å². The zero-order valence-corrected chi connectivity index (χ0v) is 19.1. The number of carbonyl (C=O) groups excluding carboxylic acids is 1. The molecule has 26 heavy (non-hydrogen) atoms. The first-order valence-corrected chi connectivity index (χ1v) is 8.97. The largest absolute Gasteiger partial charge is 0.355 e. The molecule has 0 saturated carbocycles. The molecule has 0 aliphatic carbocycles. The second-order valence-electron chi connectivity index (χ2n) is 7.14. The average Bonchev–Trinajstić information content (AvgIpc) is 2.98. The van der Waals surface area contributed by atoms with Crippen molar-refractivity contribution in [2.45, 2.75) is 72.5 Å². The van der Waals surface area contributed by atoms with E-state index in [0.29, 0.717) is 12.5 Å². The Morgan fingerprint density at radius 3 is 2.62 bits per heavy atom. The Morgan fingerprint density at radius 2 is 2.04 bits per heavy atom. The number of hydrogen-bond acceptors (Lipinski definition) is 4. The molecule has 0 aromatic carbocycles. The zero-order chi connectivity index (χ0) is 18.9. The summed E-state index contributed by atoms with van der Waals surface area (Å²) >= 11 is 0. The summed E-state index contributed by atoms with van der Waals surface area (Å²) < 4.78 is 2.01. The molecular formula is C17H34IN7O. The minimum Gasteiger partial charge on any atom is -0.355 e. The summed E-state index contributed by atoms with van der Waals surface area (Å²) in [6.45, 7) is 13.6.